The van der Waals surface area contributed by atoms with Crippen LogP contribution < -0.4 is 56.9 Å². The first-order chi connectivity index (χ1) is 7.38. The molecule has 11 heteroatoms. The molecule has 0 bridgehead atoms. The minimum absolute atomic E-state index is 0. The summed E-state index contributed by atoms with van der Waals surface area (Å²) in [7, 11) is 1.52. The molecule has 0 aliphatic heterocycles. The molecule has 0 unspecified atom stereocenters. The average molecular weight is 271 g/mol. The molecule has 0 aliphatic rings. The van der Waals surface area contributed by atoms with Crippen LogP contribution in [0.5, 0.6) is 0 Å². The topological polar surface area (TPSA) is 65.6 Å². The summed E-state index contributed by atoms with van der Waals surface area (Å²) in [6.45, 7) is -5.12. The largest absolute Gasteiger partial charge is 1.00 e. The maximum absolute atomic E-state index is 12.1. The summed E-state index contributed by atoms with van der Waals surface area (Å²) in [4.78, 5) is 11.5. The number of aryl methyl sites for hydroxylation is 1. The van der Waals surface area contributed by atoms with Crippen LogP contribution in [0.2, 0.25) is 0 Å². The van der Waals surface area contributed by atoms with Gasteiger partial charge >= 0.3 is 58.4 Å². The molecule has 2 aromatic heterocycles. The molecule has 0 N–H and O–H groups in total. The second kappa shape index (κ2) is 5.18. The summed E-state index contributed by atoms with van der Waals surface area (Å²) >= 11 is 0. The Balaban J connectivity index is 0.00000144. The predicted molar refractivity (Wildman–Crippen MR) is 49.6 cm³/mol. The molecule has 6 nitrogen and oxygen atoms in total. The van der Waals surface area contributed by atoms with Crippen molar-refractivity contribution in [2.24, 2.45) is 7.05 Å². The van der Waals surface area contributed by atoms with Crippen LogP contribution in [-0.4, -0.2) is 31.8 Å². The Hall–Kier alpha value is -0.229. The molecule has 0 saturated heterocycles. The van der Waals surface area contributed by atoms with Crippen molar-refractivity contribution in [3.63, 3.8) is 0 Å². The van der Waals surface area contributed by atoms with Crippen molar-refractivity contribution in [2.75, 3.05) is 0 Å². The zero-order valence-electron chi connectivity index (χ0n) is 9.14. The maximum atomic E-state index is 12.1. The fourth-order valence-electron chi connectivity index (χ4n) is 1.29. The Morgan fingerprint density at radius 3 is 2.65 bits per heavy atom. The van der Waals surface area contributed by atoms with Gasteiger partial charge in [-0.2, -0.15) is 5.10 Å². The van der Waals surface area contributed by atoms with E-state index in [1.165, 1.54) is 17.9 Å². The van der Waals surface area contributed by atoms with Gasteiger partial charge in [-0.05, 0) is 0 Å². The predicted octanol–water partition coefficient (Wildman–Crippen LogP) is -3.08. The van der Waals surface area contributed by atoms with Crippen molar-refractivity contribution in [3.05, 3.63) is 16.6 Å². The fraction of sp³-hybridized carbons (Fsp3) is 0.333. The van der Waals surface area contributed by atoms with Crippen LogP contribution in [0.25, 0.3) is 11.0 Å². The van der Waals surface area contributed by atoms with Crippen molar-refractivity contribution in [3.8, 4) is 0 Å². The summed E-state index contributed by atoms with van der Waals surface area (Å²) in [5, 5.41) is 10.5. The first-order valence-corrected chi connectivity index (χ1v) is 4.35. The fourth-order valence-corrected chi connectivity index (χ4v) is 1.29. The maximum Gasteiger partial charge on any atom is 1.00 e. The number of hydrogen-bond donors (Lipinski definition) is 0. The van der Waals surface area contributed by atoms with Gasteiger partial charge in [0.1, 0.15) is 5.39 Å². The Morgan fingerprint density at radius 2 is 2.06 bits per heavy atom. The van der Waals surface area contributed by atoms with Gasteiger partial charge in [0.05, 0.1) is 6.20 Å². The zero-order chi connectivity index (χ0) is 11.9. The van der Waals surface area contributed by atoms with Gasteiger partial charge in [-0.3, -0.25) is 4.79 Å². The molecule has 0 spiro atoms. The Bertz CT molecular complexity index is 593. The molecule has 0 radical (unpaired) electrons. The summed E-state index contributed by atoms with van der Waals surface area (Å²) in [6, 6.07) is 0. The zero-order valence-corrected chi connectivity index (χ0v) is 12.3. The Labute approximate surface area is 136 Å². The van der Waals surface area contributed by atoms with E-state index in [0.717, 1.165) is 0 Å². The first-order valence-electron chi connectivity index (χ1n) is 4.35. The minimum Gasteiger partial charge on any atom is -0.448 e. The normalized spacial score (nSPS) is 11.5. The first kappa shape index (κ1) is 14.8. The van der Waals surface area contributed by atoms with Gasteiger partial charge in [0.25, 0.3) is 5.56 Å². The summed E-state index contributed by atoms with van der Waals surface area (Å²) < 4.78 is 38.0. The number of fused-ring (bicyclic) bond motifs is 1. The molecule has 17 heavy (non-hydrogen) atoms. The van der Waals surface area contributed by atoms with E-state index >= 15 is 0 Å². The van der Waals surface area contributed by atoms with Crippen LogP contribution in [0.1, 0.15) is 0 Å². The molecular weight excluding hydrogens is 265 g/mol. The number of nitrogens with zero attached hydrogens (tertiary/aromatic N) is 5. The third kappa shape index (κ3) is 3.16. The molecule has 0 amide bonds. The third-order valence-electron chi connectivity index (χ3n) is 2.00. The van der Waals surface area contributed by atoms with Crippen LogP contribution in [0.3, 0.4) is 0 Å². The molecule has 0 saturated carbocycles. The van der Waals surface area contributed by atoms with Gasteiger partial charge in [-0.1, -0.05) is 5.21 Å². The number of hydrogen-bond acceptors (Lipinski definition) is 4. The Kier molecular flexibility index (Phi) is 4.52. The van der Waals surface area contributed by atoms with Crippen molar-refractivity contribution < 1.29 is 64.3 Å². The monoisotopic (exact) mass is 271 g/mol. The van der Waals surface area contributed by atoms with Gasteiger partial charge in [-0.25, -0.2) is 9.36 Å². The molecule has 0 aromatic carbocycles. The van der Waals surface area contributed by atoms with Crippen molar-refractivity contribution in [2.45, 2.75) is 6.44 Å². The van der Waals surface area contributed by atoms with E-state index in [1.807, 2.05) is 0 Å². The minimum atomic E-state index is -5.12. The second-order valence-corrected chi connectivity index (χ2v) is 3.29. The van der Waals surface area contributed by atoms with Gasteiger partial charge < -0.3 is 12.9 Å². The summed E-state index contributed by atoms with van der Waals surface area (Å²) in [5.74, 6) is 0. The summed E-state index contributed by atoms with van der Waals surface area (Å²) in [5.41, 5.74) is -0.673. The summed E-state index contributed by atoms with van der Waals surface area (Å²) in [6.07, 6.45) is -0.219. The molecule has 0 fully saturated rings. The van der Waals surface area contributed by atoms with Gasteiger partial charge in [0, 0.05) is 13.5 Å². The third-order valence-corrected chi connectivity index (χ3v) is 2.00. The van der Waals surface area contributed by atoms with Crippen LogP contribution >= 0.6 is 0 Å². The van der Waals surface area contributed by atoms with Crippen molar-refractivity contribution >= 4 is 18.0 Å². The van der Waals surface area contributed by atoms with E-state index in [-0.39, 0.29) is 62.4 Å². The molecular formula is C6H6BF3KN5O. The van der Waals surface area contributed by atoms with E-state index in [0.29, 0.717) is 4.68 Å². The van der Waals surface area contributed by atoms with Crippen LogP contribution in [0, 0.1) is 0 Å². The van der Waals surface area contributed by atoms with Crippen molar-refractivity contribution in [1.29, 1.82) is 0 Å². The van der Waals surface area contributed by atoms with E-state index < -0.39 is 19.0 Å². The molecule has 2 heterocycles. The number of aromatic nitrogens is 5. The molecule has 2 aromatic rings. The smallest absolute Gasteiger partial charge is 0.448 e. The average Bonchev–Trinajstić information content (AvgIpc) is 2.52. The standard InChI is InChI=1S/C6H6BF3N5O.K/c1-14-5-4(2-11-14)6(16)15(13-12-5)3-7(8,9)10;/h2H,3H2,1H3;/q-1;+1. The van der Waals surface area contributed by atoms with Gasteiger partial charge in [-0.15, -0.1) is 5.10 Å². The quantitative estimate of drug-likeness (QED) is 0.543. The van der Waals surface area contributed by atoms with Crippen LogP contribution in [0.15, 0.2) is 11.0 Å². The van der Waals surface area contributed by atoms with Gasteiger partial charge in [0.2, 0.25) is 0 Å². The van der Waals surface area contributed by atoms with Gasteiger partial charge in [0.15, 0.2) is 5.65 Å². The van der Waals surface area contributed by atoms with Crippen LogP contribution in [-0.2, 0) is 13.5 Å². The van der Waals surface area contributed by atoms with E-state index in [2.05, 4.69) is 15.4 Å². The van der Waals surface area contributed by atoms with E-state index in [4.69, 9.17) is 0 Å². The number of halogens is 3. The Morgan fingerprint density at radius 1 is 1.41 bits per heavy atom. The van der Waals surface area contributed by atoms with Crippen molar-refractivity contribution in [1.82, 2.24) is 24.8 Å². The number of rotatable bonds is 2. The molecule has 0 aliphatic carbocycles. The molecule has 2 rings (SSSR count). The second-order valence-electron chi connectivity index (χ2n) is 3.29. The SMILES string of the molecule is Cn1ncc2c(=O)n(C[B-](F)(F)F)nnc21.[K+]. The molecule has 86 valence electrons. The van der Waals surface area contributed by atoms with Crippen LogP contribution in [0.4, 0.5) is 12.9 Å². The van der Waals surface area contributed by atoms with E-state index in [1.54, 1.807) is 0 Å². The molecule has 0 atom stereocenters. The van der Waals surface area contributed by atoms with E-state index in [9.17, 15) is 17.7 Å².